The molecule has 4 N–H and O–H groups in total. The Labute approximate surface area is 117 Å². The molecule has 0 spiro atoms. The number of rotatable bonds is 7. The summed E-state index contributed by atoms with van der Waals surface area (Å²) in [5.41, 5.74) is 6.04. The molecule has 0 heterocycles. The Kier molecular flexibility index (Phi) is 5.99. The predicted molar refractivity (Wildman–Crippen MR) is 75.6 cm³/mol. The molecule has 20 heavy (non-hydrogen) atoms. The molecule has 0 aliphatic heterocycles. The molecule has 0 aliphatic rings. The molecule has 1 atom stereocenters. The van der Waals surface area contributed by atoms with Gasteiger partial charge in [-0.05, 0) is 18.1 Å². The minimum absolute atomic E-state index is 0.118. The second-order valence-electron chi connectivity index (χ2n) is 4.75. The highest BCUT2D eigenvalue weighted by Crippen LogP contribution is 2.25. The molecule has 1 aromatic carbocycles. The molecule has 0 bridgehead atoms. The van der Waals surface area contributed by atoms with Crippen molar-refractivity contribution >= 4 is 17.6 Å². The third-order valence-corrected chi connectivity index (χ3v) is 2.89. The Morgan fingerprint density at radius 1 is 1.35 bits per heavy atom. The molecular weight excluding hydrogens is 260 g/mol. The van der Waals surface area contributed by atoms with E-state index < -0.39 is 12.6 Å². The fourth-order valence-electron chi connectivity index (χ4n) is 1.74. The number of carbonyl (C=O) groups is 2. The molecule has 1 amide bonds. The largest absolute Gasteiger partial charge is 0.480 e. The maximum atomic E-state index is 12.1. The molecule has 0 fully saturated rings. The van der Waals surface area contributed by atoms with Crippen LogP contribution in [-0.2, 0) is 9.59 Å². The second-order valence-corrected chi connectivity index (χ2v) is 4.75. The number of carboxylic acid groups (broad SMARTS) is 1. The lowest BCUT2D eigenvalue weighted by Gasteiger charge is -2.19. The average molecular weight is 280 g/mol. The smallest absolute Gasteiger partial charge is 0.341 e. The molecule has 0 aliphatic carbocycles. The Bertz CT molecular complexity index is 474. The highest BCUT2D eigenvalue weighted by molar-refractivity contribution is 5.94. The van der Waals surface area contributed by atoms with Crippen LogP contribution in [-0.4, -0.2) is 30.1 Å². The Morgan fingerprint density at radius 3 is 2.55 bits per heavy atom. The monoisotopic (exact) mass is 280 g/mol. The predicted octanol–water partition coefficient (Wildman–Crippen LogP) is 1.32. The van der Waals surface area contributed by atoms with E-state index in [-0.39, 0.29) is 24.3 Å². The number of para-hydroxylation sites is 2. The summed E-state index contributed by atoms with van der Waals surface area (Å²) in [6.07, 6.45) is 0. The number of carboxylic acids is 1. The molecule has 0 saturated heterocycles. The van der Waals surface area contributed by atoms with Crippen LogP contribution in [0.1, 0.15) is 13.8 Å². The van der Waals surface area contributed by atoms with E-state index in [0.29, 0.717) is 11.4 Å². The molecule has 1 rings (SSSR count). The van der Waals surface area contributed by atoms with Crippen LogP contribution in [0.2, 0.25) is 0 Å². The fourth-order valence-corrected chi connectivity index (χ4v) is 1.74. The summed E-state index contributed by atoms with van der Waals surface area (Å²) < 4.78 is 5.13. The van der Waals surface area contributed by atoms with Gasteiger partial charge in [0.25, 0.3) is 0 Å². The van der Waals surface area contributed by atoms with E-state index in [2.05, 4.69) is 5.32 Å². The number of hydrogen-bond acceptors (Lipinski definition) is 4. The van der Waals surface area contributed by atoms with Gasteiger partial charge in [-0.25, -0.2) is 4.79 Å². The van der Waals surface area contributed by atoms with Crippen LogP contribution in [0.4, 0.5) is 5.69 Å². The van der Waals surface area contributed by atoms with Crippen molar-refractivity contribution in [2.75, 3.05) is 18.5 Å². The molecule has 0 radical (unpaired) electrons. The van der Waals surface area contributed by atoms with Crippen LogP contribution < -0.4 is 15.8 Å². The first kappa shape index (κ1) is 16.0. The molecule has 110 valence electrons. The van der Waals surface area contributed by atoms with Gasteiger partial charge in [0.15, 0.2) is 6.61 Å². The van der Waals surface area contributed by atoms with Gasteiger partial charge >= 0.3 is 5.97 Å². The summed E-state index contributed by atoms with van der Waals surface area (Å²) in [4.78, 5) is 22.6. The summed E-state index contributed by atoms with van der Waals surface area (Å²) >= 11 is 0. The zero-order valence-electron chi connectivity index (χ0n) is 11.6. The molecule has 6 heteroatoms. The summed E-state index contributed by atoms with van der Waals surface area (Å²) in [6.45, 7) is 3.63. The molecule has 6 nitrogen and oxygen atoms in total. The zero-order chi connectivity index (χ0) is 15.1. The molecule has 1 unspecified atom stereocenters. The number of hydrogen-bond donors (Lipinski definition) is 3. The average Bonchev–Trinajstić information content (AvgIpc) is 2.38. The number of amides is 1. The van der Waals surface area contributed by atoms with Crippen molar-refractivity contribution in [2.45, 2.75) is 13.8 Å². The van der Waals surface area contributed by atoms with Gasteiger partial charge in [0, 0.05) is 6.54 Å². The maximum absolute atomic E-state index is 12.1. The molecular formula is C14H20N2O4. The van der Waals surface area contributed by atoms with Crippen LogP contribution in [0.5, 0.6) is 5.75 Å². The number of benzene rings is 1. The topological polar surface area (TPSA) is 102 Å². The van der Waals surface area contributed by atoms with E-state index in [9.17, 15) is 9.59 Å². The number of carbonyl (C=O) groups excluding carboxylic acids is 1. The van der Waals surface area contributed by atoms with Crippen molar-refractivity contribution < 1.29 is 19.4 Å². The van der Waals surface area contributed by atoms with E-state index in [4.69, 9.17) is 15.6 Å². The first-order valence-electron chi connectivity index (χ1n) is 6.40. The third-order valence-electron chi connectivity index (χ3n) is 2.89. The lowest BCUT2D eigenvalue weighted by atomic mass is 9.95. The molecule has 0 saturated carbocycles. The van der Waals surface area contributed by atoms with Gasteiger partial charge in [-0.3, -0.25) is 4.79 Å². The minimum Gasteiger partial charge on any atom is -0.480 e. The van der Waals surface area contributed by atoms with Crippen LogP contribution >= 0.6 is 0 Å². The van der Waals surface area contributed by atoms with Crippen LogP contribution in [0.3, 0.4) is 0 Å². The summed E-state index contributed by atoms with van der Waals surface area (Å²) in [6, 6.07) is 6.69. The number of anilines is 1. The first-order valence-corrected chi connectivity index (χ1v) is 6.40. The van der Waals surface area contributed by atoms with Gasteiger partial charge in [-0.1, -0.05) is 26.0 Å². The number of ether oxygens (including phenoxy) is 1. The molecule has 1 aromatic rings. The minimum atomic E-state index is -1.08. The van der Waals surface area contributed by atoms with Gasteiger partial charge in [-0.15, -0.1) is 0 Å². The Morgan fingerprint density at radius 2 is 2.00 bits per heavy atom. The van der Waals surface area contributed by atoms with Crippen molar-refractivity contribution in [1.82, 2.24) is 0 Å². The lowest BCUT2D eigenvalue weighted by molar-refractivity contribution is -0.139. The zero-order valence-corrected chi connectivity index (χ0v) is 11.6. The number of nitrogens with one attached hydrogen (secondary N) is 1. The first-order chi connectivity index (χ1) is 9.45. The summed E-state index contributed by atoms with van der Waals surface area (Å²) in [7, 11) is 0. The van der Waals surface area contributed by atoms with E-state index >= 15 is 0 Å². The number of nitrogens with two attached hydrogens (primary N) is 1. The standard InChI is InChI=1S/C14H20N2O4/c1-9(2)10(7-15)14(19)16-11-5-3-4-6-12(11)20-8-13(17)18/h3-6,9-10H,7-8,15H2,1-2H3,(H,16,19)(H,17,18). The van der Waals surface area contributed by atoms with E-state index in [0.717, 1.165) is 0 Å². The molecule has 0 aromatic heterocycles. The van der Waals surface area contributed by atoms with Gasteiger partial charge in [0.05, 0.1) is 11.6 Å². The normalized spacial score (nSPS) is 12.0. The van der Waals surface area contributed by atoms with E-state index in [1.807, 2.05) is 13.8 Å². The van der Waals surface area contributed by atoms with Crippen molar-refractivity contribution in [3.05, 3.63) is 24.3 Å². The summed E-state index contributed by atoms with van der Waals surface area (Å²) in [5, 5.41) is 11.3. The van der Waals surface area contributed by atoms with Gasteiger partial charge in [-0.2, -0.15) is 0 Å². The summed E-state index contributed by atoms with van der Waals surface area (Å²) in [5.74, 6) is -1.14. The van der Waals surface area contributed by atoms with Crippen LogP contribution in [0, 0.1) is 11.8 Å². The quantitative estimate of drug-likeness (QED) is 0.699. The van der Waals surface area contributed by atoms with E-state index in [1.54, 1.807) is 24.3 Å². The van der Waals surface area contributed by atoms with Crippen molar-refractivity contribution in [2.24, 2.45) is 17.6 Å². The second kappa shape index (κ2) is 7.49. The van der Waals surface area contributed by atoms with Crippen LogP contribution in [0.25, 0.3) is 0 Å². The van der Waals surface area contributed by atoms with E-state index in [1.165, 1.54) is 0 Å². The highest BCUT2D eigenvalue weighted by Gasteiger charge is 2.21. The lowest BCUT2D eigenvalue weighted by Crippen LogP contribution is -2.33. The third kappa shape index (κ3) is 4.55. The highest BCUT2D eigenvalue weighted by atomic mass is 16.5. The Balaban J connectivity index is 2.81. The van der Waals surface area contributed by atoms with Crippen LogP contribution in [0.15, 0.2) is 24.3 Å². The Hall–Kier alpha value is -2.08. The van der Waals surface area contributed by atoms with Crippen molar-refractivity contribution in [1.29, 1.82) is 0 Å². The maximum Gasteiger partial charge on any atom is 0.341 e. The fraction of sp³-hybridized carbons (Fsp3) is 0.429. The van der Waals surface area contributed by atoms with Gasteiger partial charge in [0.1, 0.15) is 5.75 Å². The van der Waals surface area contributed by atoms with Gasteiger partial charge < -0.3 is 20.9 Å². The van der Waals surface area contributed by atoms with Crippen molar-refractivity contribution in [3.63, 3.8) is 0 Å². The number of aliphatic carboxylic acids is 1. The van der Waals surface area contributed by atoms with Gasteiger partial charge in [0.2, 0.25) is 5.91 Å². The SMILES string of the molecule is CC(C)C(CN)C(=O)Nc1ccccc1OCC(=O)O. The van der Waals surface area contributed by atoms with Crippen molar-refractivity contribution in [3.8, 4) is 5.75 Å².